The molecule has 1 aromatic rings. The van der Waals surface area contributed by atoms with E-state index >= 15 is 0 Å². The Bertz CT molecular complexity index is 469. The van der Waals surface area contributed by atoms with Gasteiger partial charge in [0.2, 0.25) is 0 Å². The van der Waals surface area contributed by atoms with Crippen molar-refractivity contribution in [3.63, 3.8) is 0 Å². The minimum atomic E-state index is -0.420. The third kappa shape index (κ3) is 4.03. The molecule has 1 unspecified atom stereocenters. The van der Waals surface area contributed by atoms with E-state index in [-0.39, 0.29) is 13.2 Å². The number of carbonyl (C=O) groups excluding carboxylic acids is 1. The highest BCUT2D eigenvalue weighted by molar-refractivity contribution is 5.77. The van der Waals surface area contributed by atoms with Gasteiger partial charge in [-0.15, -0.1) is 0 Å². The van der Waals surface area contributed by atoms with E-state index in [0.717, 1.165) is 0 Å². The number of benzene rings is 1. The molecule has 1 atom stereocenters. The fraction of sp³-hybridized carbons (Fsp3) is 0.333. The van der Waals surface area contributed by atoms with E-state index in [1.807, 2.05) is 0 Å². The van der Waals surface area contributed by atoms with Crippen molar-refractivity contribution in [1.29, 1.82) is 5.26 Å². The van der Waals surface area contributed by atoms with Crippen LogP contribution in [0, 0.1) is 17.1 Å². The van der Waals surface area contributed by atoms with E-state index in [2.05, 4.69) is 5.32 Å². The average molecular weight is 251 g/mol. The van der Waals surface area contributed by atoms with Crippen LogP contribution in [0.2, 0.25) is 0 Å². The molecule has 0 aromatic heterocycles. The van der Waals surface area contributed by atoms with Gasteiger partial charge in [0, 0.05) is 11.6 Å². The number of nitrogens with zero attached hydrogens (tertiary/aromatic N) is 1. The van der Waals surface area contributed by atoms with Crippen molar-refractivity contribution in [2.75, 3.05) is 13.2 Å². The van der Waals surface area contributed by atoms with Crippen LogP contribution in [-0.4, -0.2) is 19.1 Å². The molecule has 0 saturated heterocycles. The summed E-state index contributed by atoms with van der Waals surface area (Å²) in [7, 11) is 0. The van der Waals surface area contributed by atoms with Gasteiger partial charge < -0.3 is 15.8 Å². The van der Waals surface area contributed by atoms with Crippen molar-refractivity contribution in [3.8, 4) is 11.8 Å². The van der Waals surface area contributed by atoms with Gasteiger partial charge in [-0.2, -0.15) is 5.26 Å². The molecule has 1 amide bonds. The maximum absolute atomic E-state index is 13.0. The van der Waals surface area contributed by atoms with Gasteiger partial charge in [0.25, 0.3) is 5.91 Å². The first-order chi connectivity index (χ1) is 8.54. The molecule has 3 N–H and O–H groups in total. The predicted octanol–water partition coefficient (Wildman–Crippen LogP) is 0.864. The molecule has 0 aliphatic carbocycles. The second kappa shape index (κ2) is 6.57. The monoisotopic (exact) mass is 251 g/mol. The van der Waals surface area contributed by atoms with Crippen molar-refractivity contribution < 1.29 is 13.9 Å². The van der Waals surface area contributed by atoms with Crippen LogP contribution in [-0.2, 0) is 4.79 Å². The van der Waals surface area contributed by atoms with Gasteiger partial charge in [-0.05, 0) is 25.1 Å². The lowest BCUT2D eigenvalue weighted by molar-refractivity contribution is -0.122. The summed E-state index contributed by atoms with van der Waals surface area (Å²) in [4.78, 5) is 11.2. The first kappa shape index (κ1) is 13.9. The van der Waals surface area contributed by atoms with Gasteiger partial charge in [-0.25, -0.2) is 4.39 Å². The molecular weight excluding hydrogens is 237 g/mol. The molecule has 0 saturated carbocycles. The number of amides is 1. The van der Waals surface area contributed by atoms with E-state index in [4.69, 9.17) is 15.7 Å². The minimum absolute atomic E-state index is 0.0776. The summed E-state index contributed by atoms with van der Waals surface area (Å²) in [5.41, 5.74) is 6.17. The van der Waals surface area contributed by atoms with Crippen LogP contribution in [0.25, 0.3) is 0 Å². The van der Waals surface area contributed by atoms with Crippen molar-refractivity contribution in [2.24, 2.45) is 5.73 Å². The minimum Gasteiger partial charge on any atom is -0.483 e. The summed E-state index contributed by atoms with van der Waals surface area (Å²) in [6.45, 7) is 1.37. The van der Waals surface area contributed by atoms with Crippen molar-refractivity contribution >= 4 is 5.91 Å². The van der Waals surface area contributed by atoms with E-state index in [9.17, 15) is 9.18 Å². The number of carbonyl (C=O) groups is 1. The lowest BCUT2D eigenvalue weighted by atomic mass is 10.1. The first-order valence-corrected chi connectivity index (χ1v) is 5.36. The fourth-order valence-electron chi connectivity index (χ4n) is 1.34. The molecule has 0 spiro atoms. The largest absolute Gasteiger partial charge is 0.483 e. The maximum atomic E-state index is 13.0. The number of rotatable bonds is 5. The predicted molar refractivity (Wildman–Crippen MR) is 63.1 cm³/mol. The Morgan fingerprint density at radius 1 is 1.67 bits per heavy atom. The van der Waals surface area contributed by atoms with Crippen LogP contribution in [0.3, 0.4) is 0 Å². The number of halogens is 1. The van der Waals surface area contributed by atoms with Crippen LogP contribution in [0.5, 0.6) is 5.75 Å². The normalized spacial score (nSPS) is 11.4. The molecule has 1 rings (SSSR count). The van der Waals surface area contributed by atoms with Crippen LogP contribution in [0.15, 0.2) is 18.2 Å². The first-order valence-electron chi connectivity index (χ1n) is 5.36. The fourth-order valence-corrected chi connectivity index (χ4v) is 1.34. The molecule has 0 radical (unpaired) electrons. The summed E-state index contributed by atoms with van der Waals surface area (Å²) in [6.07, 6.45) is 0. The summed E-state index contributed by atoms with van der Waals surface area (Å²) in [5, 5.41) is 10.6. The highest BCUT2D eigenvalue weighted by Gasteiger charge is 2.11. The maximum Gasteiger partial charge on any atom is 0.258 e. The van der Waals surface area contributed by atoms with Gasteiger partial charge in [0.05, 0.1) is 6.07 Å². The van der Waals surface area contributed by atoms with Crippen LogP contribution < -0.4 is 15.8 Å². The Balaban J connectivity index is 2.67. The Morgan fingerprint density at radius 2 is 2.39 bits per heavy atom. The van der Waals surface area contributed by atoms with Crippen LogP contribution in [0.4, 0.5) is 4.39 Å². The number of hydrogen-bond acceptors (Lipinski definition) is 4. The highest BCUT2D eigenvalue weighted by atomic mass is 19.1. The van der Waals surface area contributed by atoms with Crippen LogP contribution in [0.1, 0.15) is 18.5 Å². The van der Waals surface area contributed by atoms with Gasteiger partial charge in [0.15, 0.2) is 6.61 Å². The number of ether oxygens (including phenoxy) is 1. The average Bonchev–Trinajstić information content (AvgIpc) is 2.34. The third-order valence-electron chi connectivity index (χ3n) is 2.19. The van der Waals surface area contributed by atoms with E-state index in [0.29, 0.717) is 11.3 Å². The Kier molecular flexibility index (Phi) is 5.08. The Hall–Kier alpha value is -2.13. The zero-order valence-electron chi connectivity index (χ0n) is 9.94. The van der Waals surface area contributed by atoms with Crippen molar-refractivity contribution in [1.82, 2.24) is 5.32 Å². The second-order valence-corrected chi connectivity index (χ2v) is 3.69. The molecule has 0 aliphatic heterocycles. The smallest absolute Gasteiger partial charge is 0.258 e. The van der Waals surface area contributed by atoms with E-state index in [1.165, 1.54) is 18.2 Å². The Labute approximate surface area is 104 Å². The molecular formula is C12H14FN3O2. The quantitative estimate of drug-likeness (QED) is 0.760. The third-order valence-corrected chi connectivity index (χ3v) is 2.19. The SMILES string of the molecule is CC(N)c1cc(F)ccc1OCC(=O)NCC#N. The standard InChI is InChI=1S/C12H14FN3O2/c1-8(15)10-6-9(13)2-3-11(10)18-7-12(17)16-5-4-14/h2-3,6,8H,5,7,15H2,1H3,(H,16,17). The molecule has 1 aromatic carbocycles. The zero-order valence-corrected chi connectivity index (χ0v) is 9.94. The summed E-state index contributed by atoms with van der Waals surface area (Å²) in [6, 6.07) is 5.30. The molecule has 0 heterocycles. The molecule has 0 fully saturated rings. The summed E-state index contributed by atoms with van der Waals surface area (Å²) in [5.74, 6) is -0.474. The highest BCUT2D eigenvalue weighted by Crippen LogP contribution is 2.24. The molecule has 18 heavy (non-hydrogen) atoms. The van der Waals surface area contributed by atoms with Gasteiger partial charge in [0.1, 0.15) is 18.1 Å². The van der Waals surface area contributed by atoms with Crippen molar-refractivity contribution in [2.45, 2.75) is 13.0 Å². The number of nitrogens with one attached hydrogen (secondary N) is 1. The number of nitrogens with two attached hydrogens (primary N) is 1. The lowest BCUT2D eigenvalue weighted by Crippen LogP contribution is -2.29. The van der Waals surface area contributed by atoms with Gasteiger partial charge in [-0.3, -0.25) is 4.79 Å². The lowest BCUT2D eigenvalue weighted by Gasteiger charge is -2.13. The molecule has 0 aliphatic rings. The summed E-state index contributed by atoms with van der Waals surface area (Å²) < 4.78 is 18.3. The van der Waals surface area contributed by atoms with Gasteiger partial charge in [-0.1, -0.05) is 0 Å². The Morgan fingerprint density at radius 3 is 3.00 bits per heavy atom. The second-order valence-electron chi connectivity index (χ2n) is 3.69. The van der Waals surface area contributed by atoms with E-state index < -0.39 is 17.8 Å². The van der Waals surface area contributed by atoms with Crippen molar-refractivity contribution in [3.05, 3.63) is 29.6 Å². The molecule has 6 heteroatoms. The van der Waals surface area contributed by atoms with E-state index in [1.54, 1.807) is 13.0 Å². The topological polar surface area (TPSA) is 88.1 Å². The molecule has 5 nitrogen and oxygen atoms in total. The number of nitriles is 1. The molecule has 96 valence electrons. The summed E-state index contributed by atoms with van der Waals surface area (Å²) >= 11 is 0. The zero-order chi connectivity index (χ0) is 13.5. The van der Waals surface area contributed by atoms with Crippen LogP contribution >= 0.6 is 0 Å². The number of hydrogen-bond donors (Lipinski definition) is 2. The van der Waals surface area contributed by atoms with Gasteiger partial charge >= 0.3 is 0 Å². The molecule has 0 bridgehead atoms.